The van der Waals surface area contributed by atoms with Gasteiger partial charge in [-0.2, -0.15) is 0 Å². The average Bonchev–Trinajstić information content (AvgIpc) is 2.43. The van der Waals surface area contributed by atoms with Gasteiger partial charge in [0.2, 0.25) is 5.91 Å². The van der Waals surface area contributed by atoms with E-state index in [1.54, 1.807) is 0 Å². The van der Waals surface area contributed by atoms with Crippen molar-refractivity contribution in [1.29, 1.82) is 0 Å². The molecule has 1 saturated heterocycles. The van der Waals surface area contributed by atoms with Gasteiger partial charge in [0.05, 0.1) is 0 Å². The molecule has 0 bridgehead atoms. The van der Waals surface area contributed by atoms with Gasteiger partial charge in [0.15, 0.2) is 9.84 Å². The maximum atomic E-state index is 12.6. The molecule has 21 heavy (non-hydrogen) atoms. The van der Waals surface area contributed by atoms with Gasteiger partial charge >= 0.3 is 5.97 Å². The zero-order chi connectivity index (χ0) is 15.8. The first kappa shape index (κ1) is 16.3. The van der Waals surface area contributed by atoms with Crippen LogP contribution in [0, 0.1) is 5.92 Å². The monoisotopic (exact) mass is 317 g/mol. The minimum atomic E-state index is -3.52. The molecular formula is C14H23NO5S. The number of carbonyl (C=O) groups excluding carboxylic acids is 1. The molecule has 120 valence electrons. The zero-order valence-corrected chi connectivity index (χ0v) is 13.3. The minimum Gasteiger partial charge on any atom is -0.480 e. The normalized spacial score (nSPS) is 31.3. The van der Waals surface area contributed by atoms with Crippen molar-refractivity contribution in [2.45, 2.75) is 62.8 Å². The Labute approximate surface area is 125 Å². The van der Waals surface area contributed by atoms with Crippen molar-refractivity contribution in [3.63, 3.8) is 0 Å². The number of carboxylic acids is 1. The molecule has 1 amide bonds. The molecule has 2 fully saturated rings. The first-order valence-corrected chi connectivity index (χ1v) is 9.42. The van der Waals surface area contributed by atoms with Crippen molar-refractivity contribution in [3.8, 4) is 0 Å². The Kier molecular flexibility index (Phi) is 4.60. The molecule has 4 atom stereocenters. The fraction of sp³-hybridized carbons (Fsp3) is 0.857. The molecule has 0 aromatic heterocycles. The highest BCUT2D eigenvalue weighted by atomic mass is 32.2. The summed E-state index contributed by atoms with van der Waals surface area (Å²) in [6.45, 7) is 1.35. The molecule has 4 unspecified atom stereocenters. The van der Waals surface area contributed by atoms with Gasteiger partial charge in [0, 0.05) is 12.3 Å². The first-order chi connectivity index (χ1) is 9.73. The Balaban J connectivity index is 2.32. The number of hydrogen-bond donors (Lipinski definition) is 1. The Morgan fingerprint density at radius 1 is 1.14 bits per heavy atom. The van der Waals surface area contributed by atoms with Crippen LogP contribution in [0.1, 0.15) is 45.4 Å². The molecule has 1 N–H and O–H groups in total. The molecular weight excluding hydrogens is 294 g/mol. The Morgan fingerprint density at radius 3 is 2.33 bits per heavy atom. The number of aliphatic carboxylic acids is 1. The Morgan fingerprint density at radius 2 is 1.76 bits per heavy atom. The maximum Gasteiger partial charge on any atom is 0.326 e. The van der Waals surface area contributed by atoms with Gasteiger partial charge in [0.1, 0.15) is 11.3 Å². The number of hydrogen-bond acceptors (Lipinski definition) is 4. The van der Waals surface area contributed by atoms with Crippen LogP contribution < -0.4 is 0 Å². The van der Waals surface area contributed by atoms with Gasteiger partial charge in [-0.1, -0.05) is 12.8 Å². The lowest BCUT2D eigenvalue weighted by Crippen LogP contribution is -2.60. The van der Waals surface area contributed by atoms with Crippen molar-refractivity contribution in [2.75, 3.05) is 6.26 Å². The molecule has 1 aliphatic carbocycles. The summed E-state index contributed by atoms with van der Waals surface area (Å²) >= 11 is 0. The van der Waals surface area contributed by atoms with Crippen molar-refractivity contribution in [1.82, 2.24) is 4.90 Å². The van der Waals surface area contributed by atoms with Crippen LogP contribution in [0.15, 0.2) is 0 Å². The lowest BCUT2D eigenvalue weighted by molar-refractivity contribution is -0.157. The molecule has 0 spiro atoms. The van der Waals surface area contributed by atoms with E-state index in [9.17, 15) is 23.1 Å². The molecule has 7 heteroatoms. The number of piperidine rings is 1. The second-order valence-corrected chi connectivity index (χ2v) is 8.63. The lowest BCUT2D eigenvalue weighted by atomic mass is 9.76. The van der Waals surface area contributed by atoms with Crippen LogP contribution in [0.4, 0.5) is 0 Å². The third-order valence-electron chi connectivity index (χ3n) is 4.90. The van der Waals surface area contributed by atoms with E-state index in [4.69, 9.17) is 0 Å². The van der Waals surface area contributed by atoms with E-state index in [1.165, 1.54) is 11.8 Å². The van der Waals surface area contributed by atoms with Crippen molar-refractivity contribution in [3.05, 3.63) is 0 Å². The number of amides is 1. The molecule has 1 heterocycles. The minimum absolute atomic E-state index is 0.120. The standard InChI is InChI=1S/C14H23NO5S/c1-9(21(2,19)20)13(16)15-11-6-4-3-5-10(11)7-8-12(15)14(17)18/h9-12H,3-8H2,1-2H3,(H,17,18). The van der Waals surface area contributed by atoms with Gasteiger partial charge in [-0.3, -0.25) is 4.79 Å². The fourth-order valence-electron chi connectivity index (χ4n) is 3.59. The van der Waals surface area contributed by atoms with Crippen molar-refractivity contribution >= 4 is 21.7 Å². The Bertz CT molecular complexity index is 529. The van der Waals surface area contributed by atoms with Crippen LogP contribution in [-0.2, 0) is 19.4 Å². The fourth-order valence-corrected chi connectivity index (χ4v) is 4.07. The van der Waals surface area contributed by atoms with Crippen molar-refractivity contribution in [2.24, 2.45) is 5.92 Å². The van der Waals surface area contributed by atoms with E-state index in [1.807, 2.05) is 0 Å². The quantitative estimate of drug-likeness (QED) is 0.840. The van der Waals surface area contributed by atoms with Gasteiger partial charge < -0.3 is 10.0 Å². The molecule has 2 aliphatic rings. The van der Waals surface area contributed by atoms with E-state index in [0.29, 0.717) is 12.3 Å². The molecule has 1 aliphatic heterocycles. The summed E-state index contributed by atoms with van der Waals surface area (Å²) in [6, 6.07) is -1.01. The van der Waals surface area contributed by atoms with Gasteiger partial charge in [0.25, 0.3) is 0 Å². The average molecular weight is 317 g/mol. The third kappa shape index (κ3) is 3.22. The highest BCUT2D eigenvalue weighted by molar-refractivity contribution is 7.92. The van der Waals surface area contributed by atoms with E-state index in [-0.39, 0.29) is 6.04 Å². The summed E-state index contributed by atoms with van der Waals surface area (Å²) < 4.78 is 23.3. The van der Waals surface area contributed by atoms with E-state index in [0.717, 1.165) is 38.4 Å². The highest BCUT2D eigenvalue weighted by Gasteiger charge is 2.46. The largest absolute Gasteiger partial charge is 0.480 e. The first-order valence-electron chi connectivity index (χ1n) is 7.47. The molecule has 0 aromatic carbocycles. The van der Waals surface area contributed by atoms with E-state index >= 15 is 0 Å². The van der Waals surface area contributed by atoms with Crippen LogP contribution in [0.25, 0.3) is 0 Å². The number of sulfone groups is 1. The zero-order valence-electron chi connectivity index (χ0n) is 12.5. The van der Waals surface area contributed by atoms with Crippen LogP contribution in [0.3, 0.4) is 0 Å². The third-order valence-corrected chi connectivity index (χ3v) is 6.39. The second-order valence-electron chi connectivity index (χ2n) is 6.26. The van der Waals surface area contributed by atoms with Crippen LogP contribution >= 0.6 is 0 Å². The number of fused-ring (bicyclic) bond motifs is 1. The number of nitrogens with zero attached hydrogens (tertiary/aromatic N) is 1. The predicted molar refractivity (Wildman–Crippen MR) is 77.6 cm³/mol. The number of carbonyl (C=O) groups is 2. The van der Waals surface area contributed by atoms with E-state index < -0.39 is 33.0 Å². The van der Waals surface area contributed by atoms with Crippen molar-refractivity contribution < 1.29 is 23.1 Å². The molecule has 0 radical (unpaired) electrons. The molecule has 1 saturated carbocycles. The van der Waals surface area contributed by atoms with Crippen LogP contribution in [0.2, 0.25) is 0 Å². The second kappa shape index (κ2) is 5.94. The topological polar surface area (TPSA) is 91.8 Å². The van der Waals surface area contributed by atoms with Crippen LogP contribution in [-0.4, -0.2) is 53.9 Å². The lowest BCUT2D eigenvalue weighted by Gasteiger charge is -2.47. The maximum absolute atomic E-state index is 12.6. The summed E-state index contributed by atoms with van der Waals surface area (Å²) in [4.78, 5) is 25.4. The number of rotatable bonds is 3. The molecule has 0 aromatic rings. The Hall–Kier alpha value is -1.11. The van der Waals surface area contributed by atoms with Gasteiger partial charge in [-0.25, -0.2) is 13.2 Å². The number of carboxylic acid groups (broad SMARTS) is 1. The number of likely N-dealkylation sites (tertiary alicyclic amines) is 1. The SMILES string of the molecule is CC(C(=O)N1C(C(=O)O)CCC2CCCCC21)S(C)(=O)=O. The van der Waals surface area contributed by atoms with Gasteiger partial charge in [-0.05, 0) is 38.5 Å². The summed E-state index contributed by atoms with van der Waals surface area (Å²) in [5.41, 5.74) is 0. The summed E-state index contributed by atoms with van der Waals surface area (Å²) in [6.07, 6.45) is 6.07. The highest BCUT2D eigenvalue weighted by Crippen LogP contribution is 2.38. The predicted octanol–water partition coefficient (Wildman–Crippen LogP) is 1.05. The summed E-state index contributed by atoms with van der Waals surface area (Å²) in [7, 11) is -3.52. The van der Waals surface area contributed by atoms with Gasteiger partial charge in [-0.15, -0.1) is 0 Å². The smallest absolute Gasteiger partial charge is 0.326 e. The summed E-state index contributed by atoms with van der Waals surface area (Å²) in [5.74, 6) is -1.28. The van der Waals surface area contributed by atoms with E-state index in [2.05, 4.69) is 0 Å². The van der Waals surface area contributed by atoms with Crippen LogP contribution in [0.5, 0.6) is 0 Å². The molecule has 2 rings (SSSR count). The summed E-state index contributed by atoms with van der Waals surface area (Å²) in [5, 5.41) is 8.21. The molecule has 6 nitrogen and oxygen atoms in total.